The van der Waals surface area contributed by atoms with Crippen LogP contribution in [0.1, 0.15) is 11.1 Å². The lowest BCUT2D eigenvalue weighted by molar-refractivity contribution is 0.627. The Bertz CT molecular complexity index is 557. The molecule has 0 aliphatic carbocycles. The van der Waals surface area contributed by atoms with Crippen LogP contribution in [0.2, 0.25) is 0 Å². The van der Waals surface area contributed by atoms with Crippen LogP contribution in [0.15, 0.2) is 42.7 Å². The van der Waals surface area contributed by atoms with Gasteiger partial charge in [-0.1, -0.05) is 12.2 Å². The van der Waals surface area contributed by atoms with Crippen molar-refractivity contribution in [2.45, 2.75) is 6.54 Å². The van der Waals surface area contributed by atoms with Crippen LogP contribution in [0.3, 0.4) is 0 Å². The van der Waals surface area contributed by atoms with Crippen LogP contribution in [-0.2, 0) is 6.54 Å². The molecule has 0 amide bonds. The Hall–Kier alpha value is -2.01. The highest BCUT2D eigenvalue weighted by Crippen LogP contribution is 2.17. The van der Waals surface area contributed by atoms with Gasteiger partial charge in [0.2, 0.25) is 0 Å². The van der Waals surface area contributed by atoms with Crippen molar-refractivity contribution in [3.8, 4) is 0 Å². The van der Waals surface area contributed by atoms with Gasteiger partial charge in [-0.05, 0) is 35.9 Å². The maximum absolute atomic E-state index is 13.1. The molecule has 2 aromatic rings. The largest absolute Gasteiger partial charge is 0.389 e. The van der Waals surface area contributed by atoms with Crippen LogP contribution in [-0.4, -0.2) is 9.97 Å². The quantitative estimate of drug-likeness (QED) is 0.830. The van der Waals surface area contributed by atoms with Crippen molar-refractivity contribution in [3.05, 3.63) is 59.7 Å². The molecule has 0 aliphatic rings. The van der Waals surface area contributed by atoms with Gasteiger partial charge in [0.05, 0.1) is 0 Å². The highest BCUT2D eigenvalue weighted by atomic mass is 32.1. The van der Waals surface area contributed by atoms with Gasteiger partial charge in [-0.3, -0.25) is 4.98 Å². The molecular weight excluding hydrogens is 249 g/mol. The Kier molecular flexibility index (Phi) is 3.84. The predicted octanol–water partition coefficient (Wildman–Crippen LogP) is 2.47. The SMILES string of the molecule is NC(=S)c1cc(F)ccc1NCc1ccncc1. The molecule has 92 valence electrons. The normalized spacial score (nSPS) is 10.1. The van der Waals surface area contributed by atoms with E-state index < -0.39 is 0 Å². The number of aromatic nitrogens is 1. The molecule has 0 saturated heterocycles. The number of rotatable bonds is 4. The van der Waals surface area contributed by atoms with Gasteiger partial charge in [-0.15, -0.1) is 0 Å². The number of hydrogen-bond donors (Lipinski definition) is 2. The zero-order valence-electron chi connectivity index (χ0n) is 9.56. The van der Waals surface area contributed by atoms with E-state index in [1.54, 1.807) is 18.5 Å². The molecular formula is C13H12FN3S. The first kappa shape index (κ1) is 12.4. The monoisotopic (exact) mass is 261 g/mol. The van der Waals surface area contributed by atoms with Gasteiger partial charge in [0.25, 0.3) is 0 Å². The van der Waals surface area contributed by atoms with Gasteiger partial charge in [0.15, 0.2) is 0 Å². The predicted molar refractivity (Wildman–Crippen MR) is 73.9 cm³/mol. The third kappa shape index (κ3) is 3.01. The minimum Gasteiger partial charge on any atom is -0.389 e. The number of pyridine rings is 1. The lowest BCUT2D eigenvalue weighted by Gasteiger charge is -2.11. The standard InChI is InChI=1S/C13H12FN3S/c14-10-1-2-12(11(7-10)13(15)18)17-8-9-3-5-16-6-4-9/h1-7,17H,8H2,(H2,15,18). The molecule has 0 saturated carbocycles. The molecule has 18 heavy (non-hydrogen) atoms. The Labute approximate surface area is 110 Å². The summed E-state index contributed by atoms with van der Waals surface area (Å²) in [4.78, 5) is 4.11. The van der Waals surface area contributed by atoms with Gasteiger partial charge in [0.1, 0.15) is 10.8 Å². The number of nitrogens with zero attached hydrogens (tertiary/aromatic N) is 1. The van der Waals surface area contributed by atoms with Crippen LogP contribution in [0.4, 0.5) is 10.1 Å². The average Bonchev–Trinajstić information content (AvgIpc) is 2.38. The van der Waals surface area contributed by atoms with E-state index in [1.807, 2.05) is 12.1 Å². The summed E-state index contributed by atoms with van der Waals surface area (Å²) in [6.07, 6.45) is 3.44. The summed E-state index contributed by atoms with van der Waals surface area (Å²) in [5.41, 5.74) is 7.88. The smallest absolute Gasteiger partial charge is 0.124 e. The van der Waals surface area contributed by atoms with E-state index >= 15 is 0 Å². The summed E-state index contributed by atoms with van der Waals surface area (Å²) in [6.45, 7) is 0.601. The number of halogens is 1. The van der Waals surface area contributed by atoms with Crippen molar-refractivity contribution in [1.82, 2.24) is 4.98 Å². The van der Waals surface area contributed by atoms with Gasteiger partial charge in [0, 0.05) is 30.2 Å². The molecule has 0 atom stereocenters. The molecule has 0 spiro atoms. The maximum atomic E-state index is 13.1. The molecule has 1 heterocycles. The highest BCUT2D eigenvalue weighted by Gasteiger charge is 2.06. The summed E-state index contributed by atoms with van der Waals surface area (Å²) in [7, 11) is 0. The van der Waals surface area contributed by atoms with Gasteiger partial charge in [-0.2, -0.15) is 0 Å². The second-order valence-electron chi connectivity index (χ2n) is 3.76. The van der Waals surface area contributed by atoms with Gasteiger partial charge in [-0.25, -0.2) is 4.39 Å². The first-order chi connectivity index (χ1) is 8.66. The molecule has 0 radical (unpaired) electrons. The second-order valence-corrected chi connectivity index (χ2v) is 4.20. The van der Waals surface area contributed by atoms with E-state index in [4.69, 9.17) is 18.0 Å². The Morgan fingerprint density at radius 1 is 1.28 bits per heavy atom. The van der Waals surface area contributed by atoms with Crippen LogP contribution in [0, 0.1) is 5.82 Å². The third-order valence-electron chi connectivity index (χ3n) is 2.48. The lowest BCUT2D eigenvalue weighted by atomic mass is 10.1. The van der Waals surface area contributed by atoms with Gasteiger partial charge >= 0.3 is 0 Å². The van der Waals surface area contributed by atoms with Crippen LogP contribution in [0.25, 0.3) is 0 Å². The van der Waals surface area contributed by atoms with Crippen LogP contribution < -0.4 is 11.1 Å². The molecule has 2 rings (SSSR count). The number of benzene rings is 1. The number of nitrogens with one attached hydrogen (secondary N) is 1. The van der Waals surface area contributed by atoms with Crippen molar-refractivity contribution < 1.29 is 4.39 Å². The van der Waals surface area contributed by atoms with Crippen molar-refractivity contribution in [2.75, 3.05) is 5.32 Å². The molecule has 0 fully saturated rings. The minimum atomic E-state index is -0.354. The van der Waals surface area contributed by atoms with Crippen molar-refractivity contribution in [3.63, 3.8) is 0 Å². The number of nitrogens with two attached hydrogens (primary N) is 1. The highest BCUT2D eigenvalue weighted by molar-refractivity contribution is 7.80. The van der Waals surface area contributed by atoms with E-state index in [1.165, 1.54) is 12.1 Å². The van der Waals surface area contributed by atoms with Crippen molar-refractivity contribution in [1.29, 1.82) is 0 Å². The van der Waals surface area contributed by atoms with Crippen LogP contribution in [0.5, 0.6) is 0 Å². The summed E-state index contributed by atoms with van der Waals surface area (Å²) >= 11 is 4.90. The molecule has 0 bridgehead atoms. The molecule has 5 heteroatoms. The minimum absolute atomic E-state index is 0.173. The number of anilines is 1. The first-order valence-electron chi connectivity index (χ1n) is 5.39. The lowest BCUT2D eigenvalue weighted by Crippen LogP contribution is -2.13. The number of hydrogen-bond acceptors (Lipinski definition) is 3. The fourth-order valence-electron chi connectivity index (χ4n) is 1.57. The average molecular weight is 261 g/mol. The van der Waals surface area contributed by atoms with E-state index in [9.17, 15) is 4.39 Å². The third-order valence-corrected chi connectivity index (χ3v) is 2.70. The summed E-state index contributed by atoms with van der Waals surface area (Å²) in [6, 6.07) is 8.13. The Morgan fingerprint density at radius 3 is 2.67 bits per heavy atom. The van der Waals surface area contributed by atoms with Crippen molar-refractivity contribution >= 4 is 22.9 Å². The van der Waals surface area contributed by atoms with E-state index in [-0.39, 0.29) is 10.8 Å². The summed E-state index contributed by atoms with van der Waals surface area (Å²) in [5, 5.41) is 3.18. The van der Waals surface area contributed by atoms with Crippen LogP contribution >= 0.6 is 12.2 Å². The fraction of sp³-hybridized carbons (Fsp3) is 0.0769. The second kappa shape index (κ2) is 5.55. The van der Waals surface area contributed by atoms with E-state index in [0.717, 1.165) is 11.3 Å². The Balaban J connectivity index is 2.17. The van der Waals surface area contributed by atoms with Gasteiger partial charge < -0.3 is 11.1 Å². The summed E-state index contributed by atoms with van der Waals surface area (Å²) in [5.74, 6) is -0.354. The fourth-order valence-corrected chi connectivity index (χ4v) is 1.74. The molecule has 0 aliphatic heterocycles. The zero-order chi connectivity index (χ0) is 13.0. The maximum Gasteiger partial charge on any atom is 0.124 e. The topological polar surface area (TPSA) is 50.9 Å². The van der Waals surface area contributed by atoms with E-state index in [2.05, 4.69) is 10.3 Å². The molecule has 1 aromatic heterocycles. The molecule has 3 nitrogen and oxygen atoms in total. The summed E-state index contributed by atoms with van der Waals surface area (Å²) < 4.78 is 13.1. The molecule has 0 unspecified atom stereocenters. The number of thiocarbonyl (C=S) groups is 1. The molecule has 1 aromatic carbocycles. The first-order valence-corrected chi connectivity index (χ1v) is 5.80. The van der Waals surface area contributed by atoms with Crippen molar-refractivity contribution in [2.24, 2.45) is 5.73 Å². The van der Waals surface area contributed by atoms with E-state index in [0.29, 0.717) is 12.1 Å². The Morgan fingerprint density at radius 2 is 2.00 bits per heavy atom. The molecule has 3 N–H and O–H groups in total. The zero-order valence-corrected chi connectivity index (χ0v) is 10.4.